The molecule has 0 bridgehead atoms. The summed E-state index contributed by atoms with van der Waals surface area (Å²) in [7, 11) is 0. The Kier molecular flexibility index (Phi) is 5.77. The lowest BCUT2D eigenvalue weighted by molar-refractivity contribution is -0.119. The fourth-order valence-corrected chi connectivity index (χ4v) is 3.79. The second kappa shape index (κ2) is 6.65. The Morgan fingerprint density at radius 3 is 2.78 bits per heavy atom. The van der Waals surface area contributed by atoms with Crippen molar-refractivity contribution in [2.45, 2.75) is 13.5 Å². The van der Waals surface area contributed by atoms with Crippen LogP contribution < -0.4 is 11.1 Å². The Hall–Kier alpha value is -0.440. The lowest BCUT2D eigenvalue weighted by atomic mass is 10.3. The van der Waals surface area contributed by atoms with Gasteiger partial charge in [0.15, 0.2) is 5.13 Å². The molecule has 0 aliphatic heterocycles. The number of amides is 1. The van der Waals surface area contributed by atoms with E-state index in [2.05, 4.69) is 26.2 Å². The molecule has 2 rings (SSSR count). The molecular formula is C10H11Br2N3OS2. The second-order valence-electron chi connectivity index (χ2n) is 3.35. The lowest BCUT2D eigenvalue weighted by Gasteiger charge is -1.97. The number of hydrogen-bond acceptors (Lipinski definition) is 5. The molecule has 3 N–H and O–H groups in total. The zero-order chi connectivity index (χ0) is 12.4. The summed E-state index contributed by atoms with van der Waals surface area (Å²) in [5, 5.41) is 3.31. The van der Waals surface area contributed by atoms with Gasteiger partial charge in [0.05, 0.1) is 11.4 Å². The minimum Gasteiger partial charge on any atom is -0.375 e. The molecule has 0 atom stereocenters. The van der Waals surface area contributed by atoms with Gasteiger partial charge in [-0.25, -0.2) is 4.98 Å². The molecule has 0 saturated heterocycles. The normalized spacial score (nSPS) is 9.89. The molecule has 8 heteroatoms. The molecule has 1 amide bonds. The molecule has 0 saturated carbocycles. The van der Waals surface area contributed by atoms with Gasteiger partial charge in [0.2, 0.25) is 5.91 Å². The van der Waals surface area contributed by atoms with Gasteiger partial charge in [0.25, 0.3) is 0 Å². The summed E-state index contributed by atoms with van der Waals surface area (Å²) < 4.78 is 0.933. The van der Waals surface area contributed by atoms with Crippen LogP contribution in [0.4, 0.5) is 5.13 Å². The molecule has 0 fully saturated rings. The number of nitrogen functional groups attached to an aromatic ring is 1. The number of nitrogens with two attached hydrogens (primary N) is 1. The number of carbonyl (C=O) groups is 1. The van der Waals surface area contributed by atoms with Crippen LogP contribution in [0.3, 0.4) is 0 Å². The molecule has 0 aliphatic rings. The zero-order valence-corrected chi connectivity index (χ0v) is 14.3. The zero-order valence-electron chi connectivity index (χ0n) is 9.40. The van der Waals surface area contributed by atoms with Gasteiger partial charge in [-0.15, -0.1) is 28.3 Å². The van der Waals surface area contributed by atoms with E-state index in [0.29, 0.717) is 11.7 Å². The molecule has 2 aromatic heterocycles. The van der Waals surface area contributed by atoms with Crippen LogP contribution in [0.25, 0.3) is 10.6 Å². The molecule has 2 heterocycles. The van der Waals surface area contributed by atoms with E-state index in [1.54, 1.807) is 11.3 Å². The number of hydrogen-bond donors (Lipinski definition) is 2. The van der Waals surface area contributed by atoms with Crippen molar-refractivity contribution in [2.24, 2.45) is 0 Å². The smallest absolute Gasteiger partial charge is 0.217 e. The first-order valence-corrected chi connectivity index (χ1v) is 7.24. The van der Waals surface area contributed by atoms with Gasteiger partial charge >= 0.3 is 0 Å². The van der Waals surface area contributed by atoms with Crippen LogP contribution in [-0.2, 0) is 11.3 Å². The molecule has 4 nitrogen and oxygen atoms in total. The van der Waals surface area contributed by atoms with Crippen molar-refractivity contribution >= 4 is 66.6 Å². The average molecular weight is 413 g/mol. The summed E-state index contributed by atoms with van der Waals surface area (Å²) in [6.45, 7) is 2.06. The molecule has 18 heavy (non-hydrogen) atoms. The van der Waals surface area contributed by atoms with Gasteiger partial charge in [0, 0.05) is 11.8 Å². The maximum atomic E-state index is 10.8. The Labute approximate surface area is 132 Å². The highest BCUT2D eigenvalue weighted by Crippen LogP contribution is 2.37. The Bertz CT molecular complexity index is 553. The molecule has 0 spiro atoms. The topological polar surface area (TPSA) is 68.0 Å². The van der Waals surface area contributed by atoms with Gasteiger partial charge in [-0.05, 0) is 28.1 Å². The maximum absolute atomic E-state index is 10.8. The monoisotopic (exact) mass is 411 g/mol. The van der Waals surface area contributed by atoms with E-state index in [4.69, 9.17) is 5.73 Å². The maximum Gasteiger partial charge on any atom is 0.217 e. The van der Waals surface area contributed by atoms with Crippen LogP contribution >= 0.6 is 55.6 Å². The van der Waals surface area contributed by atoms with Gasteiger partial charge in [-0.3, -0.25) is 4.79 Å². The highest BCUT2D eigenvalue weighted by Gasteiger charge is 2.11. The van der Waals surface area contributed by atoms with Gasteiger partial charge in [-0.2, -0.15) is 0 Å². The quantitative estimate of drug-likeness (QED) is 0.811. The van der Waals surface area contributed by atoms with E-state index < -0.39 is 0 Å². The minimum atomic E-state index is -0.0287. The number of rotatable bonds is 3. The molecule has 0 unspecified atom stereocenters. The minimum absolute atomic E-state index is 0. The summed E-state index contributed by atoms with van der Waals surface area (Å²) in [4.78, 5) is 17.2. The third kappa shape index (κ3) is 3.78. The van der Waals surface area contributed by atoms with Crippen molar-refractivity contribution in [3.05, 3.63) is 20.8 Å². The number of nitrogens with one attached hydrogen (secondary N) is 1. The summed E-state index contributed by atoms with van der Waals surface area (Å²) in [6.07, 6.45) is 0. The van der Waals surface area contributed by atoms with Crippen molar-refractivity contribution in [3.63, 3.8) is 0 Å². The number of nitrogens with zero attached hydrogens (tertiary/aromatic N) is 1. The number of aromatic nitrogens is 1. The number of halogens is 2. The summed E-state index contributed by atoms with van der Waals surface area (Å²) in [5.41, 5.74) is 6.51. The predicted octanol–water partition coefficient (Wildman–Crippen LogP) is 3.43. The van der Waals surface area contributed by atoms with Crippen molar-refractivity contribution < 1.29 is 4.79 Å². The Morgan fingerprint density at radius 2 is 2.22 bits per heavy atom. The number of carbonyl (C=O) groups excluding carboxylic acids is 1. The fraction of sp³-hybridized carbons (Fsp3) is 0.200. The van der Waals surface area contributed by atoms with Crippen molar-refractivity contribution in [1.29, 1.82) is 0 Å². The van der Waals surface area contributed by atoms with E-state index in [0.717, 1.165) is 19.2 Å². The number of thiazole rings is 1. The van der Waals surface area contributed by atoms with E-state index in [1.807, 2.05) is 12.1 Å². The van der Waals surface area contributed by atoms with Crippen LogP contribution in [0.1, 0.15) is 11.8 Å². The fourth-order valence-electron chi connectivity index (χ4n) is 1.28. The van der Waals surface area contributed by atoms with Gasteiger partial charge < -0.3 is 11.1 Å². The largest absolute Gasteiger partial charge is 0.375 e. The first-order chi connectivity index (χ1) is 8.06. The summed E-state index contributed by atoms with van der Waals surface area (Å²) in [6, 6.07) is 3.97. The molecule has 0 radical (unpaired) electrons. The molecule has 2 aromatic rings. The second-order valence-corrected chi connectivity index (χ2v) is 6.87. The lowest BCUT2D eigenvalue weighted by Crippen LogP contribution is -2.17. The first-order valence-electron chi connectivity index (χ1n) is 4.81. The van der Waals surface area contributed by atoms with E-state index in [1.165, 1.54) is 18.3 Å². The molecule has 98 valence electrons. The molecule has 0 aromatic carbocycles. The van der Waals surface area contributed by atoms with E-state index in [-0.39, 0.29) is 22.9 Å². The third-order valence-corrected chi connectivity index (χ3v) is 4.64. The van der Waals surface area contributed by atoms with Crippen LogP contribution in [0.15, 0.2) is 15.9 Å². The SMILES string of the molecule is Br.CC(=O)NCc1ccc(-c2nc(N)sc2Br)s1. The van der Waals surface area contributed by atoms with E-state index >= 15 is 0 Å². The predicted molar refractivity (Wildman–Crippen MR) is 85.4 cm³/mol. The first kappa shape index (κ1) is 15.6. The van der Waals surface area contributed by atoms with Crippen LogP contribution in [0.2, 0.25) is 0 Å². The average Bonchev–Trinajstić information content (AvgIpc) is 2.82. The summed E-state index contributed by atoms with van der Waals surface area (Å²) >= 11 is 6.45. The number of thiophene rings is 1. The van der Waals surface area contributed by atoms with Crippen LogP contribution in [0, 0.1) is 0 Å². The molecular weight excluding hydrogens is 402 g/mol. The van der Waals surface area contributed by atoms with Gasteiger partial charge in [-0.1, -0.05) is 11.3 Å². The summed E-state index contributed by atoms with van der Waals surface area (Å²) in [5.74, 6) is -0.0287. The van der Waals surface area contributed by atoms with Crippen molar-refractivity contribution in [2.75, 3.05) is 5.73 Å². The number of anilines is 1. The van der Waals surface area contributed by atoms with E-state index in [9.17, 15) is 4.79 Å². The third-order valence-electron chi connectivity index (χ3n) is 2.01. The highest BCUT2D eigenvalue weighted by molar-refractivity contribution is 9.11. The Morgan fingerprint density at radius 1 is 1.50 bits per heavy atom. The molecule has 0 aliphatic carbocycles. The Balaban J connectivity index is 0.00000162. The van der Waals surface area contributed by atoms with Crippen LogP contribution in [0.5, 0.6) is 0 Å². The van der Waals surface area contributed by atoms with Crippen molar-refractivity contribution in [1.82, 2.24) is 10.3 Å². The van der Waals surface area contributed by atoms with Gasteiger partial charge in [0.1, 0.15) is 9.48 Å². The highest BCUT2D eigenvalue weighted by atomic mass is 79.9. The van der Waals surface area contributed by atoms with Crippen LogP contribution in [-0.4, -0.2) is 10.9 Å². The standard InChI is InChI=1S/C10H10BrN3OS2.BrH/c1-5(15)13-4-6-2-3-7(16-6)8-9(11)17-10(12)14-8;/h2-3H,4H2,1H3,(H2,12,14)(H,13,15);1H. The van der Waals surface area contributed by atoms with Crippen molar-refractivity contribution in [3.8, 4) is 10.6 Å².